The van der Waals surface area contributed by atoms with Crippen LogP contribution in [-0.4, -0.2) is 93.4 Å². The van der Waals surface area contributed by atoms with Crippen molar-refractivity contribution in [3.63, 3.8) is 0 Å². The van der Waals surface area contributed by atoms with E-state index in [0.29, 0.717) is 57.5 Å². The molecule has 7 aliphatic carbocycles. The van der Waals surface area contributed by atoms with Crippen molar-refractivity contribution in [2.24, 2.45) is 74.9 Å². The van der Waals surface area contributed by atoms with Crippen molar-refractivity contribution >= 4 is 17.3 Å². The Morgan fingerprint density at radius 2 is 1.62 bits per heavy atom. The summed E-state index contributed by atoms with van der Waals surface area (Å²) in [6.07, 6.45) is 14.0. The van der Waals surface area contributed by atoms with Gasteiger partial charge in [-0.15, -0.1) is 0 Å². The Bertz CT molecular complexity index is 2630. The van der Waals surface area contributed by atoms with Crippen LogP contribution in [-0.2, 0) is 27.3 Å². The third kappa shape index (κ3) is 9.32. The number of nitrogen functional groups attached to an aromatic ring is 1. The number of phenolic OH excluding ortho intramolecular Hbond substituents is 1. The lowest BCUT2D eigenvalue weighted by molar-refractivity contribution is -0.226. The van der Waals surface area contributed by atoms with Crippen LogP contribution in [0.4, 0.5) is 5.69 Å². The van der Waals surface area contributed by atoms with E-state index in [1.54, 1.807) is 6.07 Å². The fourth-order valence-electron chi connectivity index (χ4n) is 21.2. The van der Waals surface area contributed by atoms with E-state index >= 15 is 9.59 Å². The number of nitrogens with one attached hydrogen (secondary N) is 2. The third-order valence-electron chi connectivity index (χ3n) is 24.2. The fraction of sp³-hybridized carbons (Fsp3) is 0.761. The average molecular weight is 1070 g/mol. The summed E-state index contributed by atoms with van der Waals surface area (Å²) < 4.78 is 6.87. The standard InChI is InChI=1S/C67H99N3O8/c1-38(2)22-40-23-43(28-46(68)25-40)48-12-11-13-52(48)66(7)61(78-66)55(74)30-50-49-27-39(35-71)14-15-42(49)16-17-45(36-72)67-32-54-59-63(4,21-10-9-20-62(3,77)37-70-54)60(76)51(44-24-41(34-69-8)26-47(73)29-44)31-64(59,5)57(67)19-18-53-58(50)56(75)33-65(53,67)6/h23-26,28-29,38-39,42,45,48-52,54-55,57,59,61,69-74,77H,9-22,27,30-37,68H2,1-8H3/t39-,42+,45+,48-,49+,50+,51-,52-,54+,55-,57-,59+,61-,62-,63-,64+,65+,66-,67-/m1/s1. The molecule has 2 aliphatic heterocycles. The number of hydrogen-bond donors (Lipinski definition) is 8. The zero-order valence-electron chi connectivity index (χ0n) is 48.8. The molecular weight excluding hydrogens is 975 g/mol. The molecular formula is C67H99N3O8. The molecule has 0 unspecified atom stereocenters. The molecule has 19 atom stereocenters. The summed E-state index contributed by atoms with van der Waals surface area (Å²) in [5.41, 5.74) is 10.2. The zero-order valence-corrected chi connectivity index (χ0v) is 48.8. The first-order valence-electron chi connectivity index (χ1n) is 31.2. The minimum Gasteiger partial charge on any atom is -0.508 e. The minimum absolute atomic E-state index is 0.000801. The van der Waals surface area contributed by atoms with Gasteiger partial charge < -0.3 is 46.6 Å². The lowest BCUT2D eigenvalue weighted by atomic mass is 9.31. The highest BCUT2D eigenvalue weighted by Crippen LogP contribution is 2.78. The van der Waals surface area contributed by atoms with Crippen LogP contribution in [0, 0.1) is 74.9 Å². The number of rotatable bonds is 12. The number of anilines is 1. The number of ketones is 2. The fourth-order valence-corrected chi connectivity index (χ4v) is 21.2. The van der Waals surface area contributed by atoms with Gasteiger partial charge in [0.1, 0.15) is 17.6 Å². The summed E-state index contributed by atoms with van der Waals surface area (Å²) in [4.78, 5) is 31.8. The topological polar surface area (TPSA) is 198 Å². The Hall–Kier alpha value is -3.16. The van der Waals surface area contributed by atoms with Gasteiger partial charge in [-0.25, -0.2) is 0 Å². The highest BCUT2D eigenvalue weighted by molar-refractivity contribution is 6.01. The number of aliphatic hydroxyl groups is 4. The van der Waals surface area contributed by atoms with Gasteiger partial charge >= 0.3 is 0 Å². The van der Waals surface area contributed by atoms with E-state index in [1.165, 1.54) is 16.7 Å². The molecule has 1 spiro atoms. The number of epoxide rings is 1. The van der Waals surface area contributed by atoms with Crippen LogP contribution in [0.15, 0.2) is 47.5 Å². The number of carbonyl (C=O) groups is 2. The molecule has 0 amide bonds. The Morgan fingerprint density at radius 1 is 0.859 bits per heavy atom. The normalized spacial score (nSPS) is 43.9. The molecule has 7 fully saturated rings. The van der Waals surface area contributed by atoms with E-state index in [9.17, 15) is 25.5 Å². The maximum atomic E-state index is 15.9. The number of benzene rings is 2. The Kier molecular flexibility index (Phi) is 15.2. The Balaban J connectivity index is 1.01. The Labute approximate surface area is 467 Å². The second-order valence-electron chi connectivity index (χ2n) is 29.5. The first kappa shape index (κ1) is 56.7. The third-order valence-corrected chi connectivity index (χ3v) is 24.2. The number of aliphatic hydroxyl groups excluding tert-OH is 3. The number of β-amino-alcohol motifs (C(OH)–C–C–N with tert-alkyl or cyclic N) is 1. The molecule has 9 N–H and O–H groups in total. The monoisotopic (exact) mass is 1070 g/mol. The number of allylic oxidation sites excluding steroid dienone is 2. The van der Waals surface area contributed by atoms with E-state index < -0.39 is 44.9 Å². The smallest absolute Gasteiger partial charge is 0.160 e. The highest BCUT2D eigenvalue weighted by Gasteiger charge is 2.75. The molecule has 11 heteroatoms. The van der Waals surface area contributed by atoms with E-state index in [4.69, 9.17) is 10.5 Å². The van der Waals surface area contributed by atoms with Crippen LogP contribution >= 0.6 is 0 Å². The number of fused-ring (bicyclic) bond motifs is 2. The lowest BCUT2D eigenvalue weighted by Gasteiger charge is -2.73. The van der Waals surface area contributed by atoms with E-state index in [2.05, 4.69) is 76.4 Å². The number of Topliss-reactive ketones (excluding diaryl/α,β-unsaturated/α-hetero) is 2. The summed E-state index contributed by atoms with van der Waals surface area (Å²) in [7, 11) is 1.90. The first-order valence-corrected chi connectivity index (χ1v) is 31.2. The van der Waals surface area contributed by atoms with Gasteiger partial charge in [0.05, 0.1) is 17.3 Å². The second kappa shape index (κ2) is 20.9. The van der Waals surface area contributed by atoms with Crippen molar-refractivity contribution in [2.75, 3.05) is 32.5 Å². The molecule has 11 rings (SSSR count). The van der Waals surface area contributed by atoms with Crippen LogP contribution in [0.2, 0.25) is 0 Å². The second-order valence-corrected chi connectivity index (χ2v) is 29.5. The van der Waals surface area contributed by atoms with Gasteiger partial charge in [0, 0.05) is 61.2 Å². The van der Waals surface area contributed by atoms with Crippen molar-refractivity contribution in [1.82, 2.24) is 10.6 Å². The van der Waals surface area contributed by atoms with Gasteiger partial charge in [0.2, 0.25) is 0 Å². The molecule has 430 valence electrons. The summed E-state index contributed by atoms with van der Waals surface area (Å²) in [5, 5.41) is 66.7. The molecule has 2 aromatic carbocycles. The number of carbonyl (C=O) groups excluding carboxylic acids is 2. The van der Waals surface area contributed by atoms with Crippen LogP contribution in [0.25, 0.3) is 0 Å². The predicted octanol–water partition coefficient (Wildman–Crippen LogP) is 10.5. The average Bonchev–Trinajstić information content (AvgIpc) is 1.77. The molecule has 2 saturated heterocycles. The maximum absolute atomic E-state index is 15.9. The van der Waals surface area contributed by atoms with Crippen LogP contribution in [0.3, 0.4) is 0 Å². The molecule has 2 aromatic rings. The number of phenols is 1. The molecule has 0 radical (unpaired) electrons. The number of hydrogen-bond acceptors (Lipinski definition) is 11. The van der Waals surface area contributed by atoms with Gasteiger partial charge in [0.15, 0.2) is 5.78 Å². The summed E-state index contributed by atoms with van der Waals surface area (Å²) >= 11 is 0. The molecule has 11 nitrogen and oxygen atoms in total. The number of nitrogens with two attached hydrogens (primary N) is 1. The predicted molar refractivity (Wildman–Crippen MR) is 306 cm³/mol. The molecule has 9 aliphatic rings. The van der Waals surface area contributed by atoms with Crippen molar-refractivity contribution in [1.29, 1.82) is 0 Å². The van der Waals surface area contributed by atoms with E-state index in [1.807, 2.05) is 20.0 Å². The SMILES string of the molecule is CNCc1cc(O)cc([C@H]2C[C@@]3(C)[C@H]4CCC5=C6C(=O)C[C@]5(C)[C@]4(C[C@@H]4NC[C@](C)(O)CCCC[C@@](C)(C2=O)[C@H]43)[C@H](CO)CC[C@@H]2CC[C@@H](CO)C[C@@H]2[C@@H]6C[C@@H](O)[C@H]2O[C@]2(C)[C@@H]2CCC[C@@H]2c2cc(N)cc(CC(C)C)c2)c1. The van der Waals surface area contributed by atoms with Crippen molar-refractivity contribution < 1.29 is 39.9 Å². The summed E-state index contributed by atoms with van der Waals surface area (Å²) in [5.74, 6) is 1.33. The number of aromatic hydroxyl groups is 1. The van der Waals surface area contributed by atoms with Gasteiger partial charge in [-0.05, 0) is 239 Å². The first-order chi connectivity index (χ1) is 37.0. The van der Waals surface area contributed by atoms with E-state index in [-0.39, 0.29) is 95.9 Å². The molecule has 0 aromatic heterocycles. The summed E-state index contributed by atoms with van der Waals surface area (Å²) in [6.45, 7) is 16.9. The largest absolute Gasteiger partial charge is 0.508 e. The zero-order chi connectivity index (χ0) is 55.5. The molecule has 5 saturated carbocycles. The molecule has 78 heavy (non-hydrogen) atoms. The lowest BCUT2D eigenvalue weighted by Crippen LogP contribution is -2.73. The number of ether oxygens (including phenoxy) is 1. The van der Waals surface area contributed by atoms with E-state index in [0.717, 1.165) is 106 Å². The van der Waals surface area contributed by atoms with Gasteiger partial charge in [-0.2, -0.15) is 0 Å². The van der Waals surface area contributed by atoms with Crippen LogP contribution < -0.4 is 16.4 Å². The van der Waals surface area contributed by atoms with Gasteiger partial charge in [-0.1, -0.05) is 71.6 Å². The molecule has 4 bridgehead atoms. The Morgan fingerprint density at radius 3 is 2.36 bits per heavy atom. The summed E-state index contributed by atoms with van der Waals surface area (Å²) in [6, 6.07) is 12.2. The van der Waals surface area contributed by atoms with Crippen molar-refractivity contribution in [3.05, 3.63) is 69.8 Å². The minimum atomic E-state index is -0.946. The highest BCUT2D eigenvalue weighted by atomic mass is 16.6. The van der Waals surface area contributed by atoms with Gasteiger partial charge in [0.25, 0.3) is 0 Å². The quantitative estimate of drug-likeness (QED) is 0.0744. The van der Waals surface area contributed by atoms with Gasteiger partial charge in [-0.3, -0.25) is 9.59 Å². The molecule has 2 heterocycles. The maximum Gasteiger partial charge on any atom is 0.160 e. The van der Waals surface area contributed by atoms with Crippen LogP contribution in [0.1, 0.15) is 198 Å². The van der Waals surface area contributed by atoms with Crippen molar-refractivity contribution in [3.8, 4) is 5.75 Å². The van der Waals surface area contributed by atoms with Crippen molar-refractivity contribution in [2.45, 2.75) is 218 Å². The van der Waals surface area contributed by atoms with Crippen LogP contribution in [0.5, 0.6) is 5.75 Å².